The molecule has 1 fully saturated rings. The summed E-state index contributed by atoms with van der Waals surface area (Å²) in [5.74, 6) is -2.01. The molecule has 4 atom stereocenters. The highest BCUT2D eigenvalue weighted by Gasteiger charge is 2.31. The van der Waals surface area contributed by atoms with E-state index < -0.39 is 44.4 Å². The van der Waals surface area contributed by atoms with Crippen molar-refractivity contribution in [2.24, 2.45) is 5.92 Å². The van der Waals surface area contributed by atoms with E-state index in [2.05, 4.69) is 16.0 Å². The molecule has 0 saturated carbocycles. The van der Waals surface area contributed by atoms with Gasteiger partial charge in [0.1, 0.15) is 12.1 Å². The number of ketones is 1. The Morgan fingerprint density at radius 3 is 2.37 bits per heavy atom. The van der Waals surface area contributed by atoms with Crippen LogP contribution >= 0.6 is 10.8 Å². The fraction of sp³-hybridized carbons (Fsp3) is 0.600. The maximum Gasteiger partial charge on any atom is 0.289 e. The van der Waals surface area contributed by atoms with Crippen molar-refractivity contribution in [2.45, 2.75) is 76.6 Å². The summed E-state index contributed by atoms with van der Waals surface area (Å²) in [6.45, 7) is 5.40. The number of nitrogens with zero attached hydrogens (tertiary/aromatic N) is 1. The van der Waals surface area contributed by atoms with E-state index in [0.717, 1.165) is 25.0 Å². The number of carbonyl (C=O) groups is 4. The molecular weight excluding hydrogens is 532 g/mol. The van der Waals surface area contributed by atoms with E-state index in [4.69, 9.17) is 0 Å². The van der Waals surface area contributed by atoms with E-state index in [1.807, 2.05) is 0 Å². The summed E-state index contributed by atoms with van der Waals surface area (Å²) in [6.07, 6.45) is 3.26. The minimum Gasteiger partial charge on any atom is -0.350 e. The molecule has 0 radical (unpaired) electrons. The molecular formula is C25H36N4O7S2. The van der Waals surface area contributed by atoms with E-state index in [-0.39, 0.29) is 42.1 Å². The molecule has 1 heterocycles. The zero-order valence-corrected chi connectivity index (χ0v) is 23.5. The summed E-state index contributed by atoms with van der Waals surface area (Å²) < 4.78 is 11.8. The molecule has 3 amide bonds. The Balaban J connectivity index is 2.02. The zero-order valence-electron chi connectivity index (χ0n) is 21.9. The van der Waals surface area contributed by atoms with Crippen molar-refractivity contribution in [2.75, 3.05) is 12.3 Å². The van der Waals surface area contributed by atoms with Crippen molar-refractivity contribution in [3.63, 3.8) is 0 Å². The van der Waals surface area contributed by atoms with Gasteiger partial charge < -0.3 is 16.0 Å². The van der Waals surface area contributed by atoms with Gasteiger partial charge in [0.05, 0.1) is 14.8 Å². The van der Waals surface area contributed by atoms with E-state index in [1.54, 1.807) is 20.8 Å². The lowest BCUT2D eigenvalue weighted by molar-refractivity contribution is -0.384. The van der Waals surface area contributed by atoms with E-state index in [9.17, 15) is 33.5 Å². The molecule has 2 unspecified atom stereocenters. The van der Waals surface area contributed by atoms with E-state index in [0.29, 0.717) is 12.0 Å². The molecule has 210 valence electrons. The van der Waals surface area contributed by atoms with Crippen LogP contribution in [0.2, 0.25) is 0 Å². The number of nitro benzene ring substituents is 1. The Labute approximate surface area is 228 Å². The molecule has 1 aliphatic rings. The zero-order chi connectivity index (χ0) is 28.2. The van der Waals surface area contributed by atoms with Crippen LogP contribution in [-0.4, -0.2) is 62.3 Å². The summed E-state index contributed by atoms with van der Waals surface area (Å²) in [5, 5.41) is 18.9. The van der Waals surface area contributed by atoms with Crippen LogP contribution in [0, 0.1) is 16.0 Å². The number of amides is 3. The number of hydrogen-bond donors (Lipinski definition) is 3. The average molecular weight is 569 g/mol. The number of hydrogen-bond acceptors (Lipinski definition) is 8. The van der Waals surface area contributed by atoms with E-state index >= 15 is 0 Å². The molecule has 1 aromatic rings. The van der Waals surface area contributed by atoms with Crippen LogP contribution in [0.25, 0.3) is 0 Å². The van der Waals surface area contributed by atoms with Crippen molar-refractivity contribution in [1.29, 1.82) is 0 Å². The molecule has 3 N–H and O–H groups in total. The van der Waals surface area contributed by atoms with Crippen LogP contribution in [0.1, 0.15) is 58.4 Å². The summed E-state index contributed by atoms with van der Waals surface area (Å²) in [7, 11) is 0.618. The number of carbonyl (C=O) groups excluding carboxylic acids is 4. The number of rotatable bonds is 15. The van der Waals surface area contributed by atoms with Gasteiger partial charge in [-0.15, -0.1) is 0 Å². The topological polar surface area (TPSA) is 165 Å². The van der Waals surface area contributed by atoms with Crippen LogP contribution in [-0.2, 0) is 35.4 Å². The highest BCUT2D eigenvalue weighted by molar-refractivity contribution is 8.69. The summed E-state index contributed by atoms with van der Waals surface area (Å²) in [6, 6.07) is 3.34. The van der Waals surface area contributed by atoms with Crippen molar-refractivity contribution in [1.82, 2.24) is 16.0 Å². The first-order chi connectivity index (χ1) is 18.0. The van der Waals surface area contributed by atoms with Crippen molar-refractivity contribution in [3.05, 3.63) is 39.9 Å². The monoisotopic (exact) mass is 568 g/mol. The molecule has 1 aliphatic heterocycles. The lowest BCUT2D eigenvalue weighted by Gasteiger charge is -2.25. The Kier molecular flexibility index (Phi) is 12.9. The number of nitro groups is 1. The normalized spacial score (nSPS) is 18.4. The third-order valence-corrected chi connectivity index (χ3v) is 9.80. The fourth-order valence-corrected chi connectivity index (χ4v) is 7.49. The maximum absolute atomic E-state index is 13.2. The second kappa shape index (κ2) is 15.6. The van der Waals surface area contributed by atoms with Gasteiger partial charge in [-0.2, -0.15) is 0 Å². The standard InChI is InChI=1S/C25H36N4O7S2/c1-4-26-25(33)23(31)20(15-17-9-11-18(12-10-17)29(34)35)27-24(32)22(16(2)3)28-21(30)8-6-5-7-19-13-14-37-38(19)36/h9-12,16,19-20,22H,4-8,13-15H2,1-3H3,(H,26,33)(H,27,32)(H,28,30)/t19?,20-,22-,38?/m0/s1. The Hall–Kier alpha value is -2.80. The average Bonchev–Trinajstić information content (AvgIpc) is 3.28. The molecule has 0 spiro atoms. The minimum atomic E-state index is -1.22. The first kappa shape index (κ1) is 31.4. The Morgan fingerprint density at radius 1 is 1.13 bits per heavy atom. The predicted octanol–water partition coefficient (Wildman–Crippen LogP) is 2.20. The van der Waals surface area contributed by atoms with Gasteiger partial charge in [0.15, 0.2) is 0 Å². The van der Waals surface area contributed by atoms with Gasteiger partial charge in [0.2, 0.25) is 17.6 Å². The lowest BCUT2D eigenvalue weighted by Crippen LogP contribution is -2.56. The largest absolute Gasteiger partial charge is 0.350 e. The Bertz CT molecular complexity index is 1030. The van der Waals surface area contributed by atoms with Crippen LogP contribution in [0.5, 0.6) is 0 Å². The number of unbranched alkanes of at least 4 members (excludes halogenated alkanes) is 1. The first-order valence-electron chi connectivity index (χ1n) is 12.7. The van der Waals surface area contributed by atoms with Crippen molar-refractivity contribution >= 4 is 49.8 Å². The summed E-state index contributed by atoms with van der Waals surface area (Å²) in [4.78, 5) is 61.2. The first-order valence-corrected chi connectivity index (χ1v) is 15.4. The van der Waals surface area contributed by atoms with Gasteiger partial charge in [0, 0.05) is 42.5 Å². The molecule has 1 aromatic carbocycles. The third kappa shape index (κ3) is 9.82. The van der Waals surface area contributed by atoms with Gasteiger partial charge in [-0.3, -0.25) is 29.3 Å². The highest BCUT2D eigenvalue weighted by atomic mass is 33.1. The lowest BCUT2D eigenvalue weighted by atomic mass is 9.98. The SMILES string of the molecule is CCNC(=O)C(=O)[C@H](Cc1ccc([N+](=O)[O-])cc1)NC(=O)[C@@H](NC(=O)CCCCC1CCSS1=O)C(C)C. The molecule has 13 heteroatoms. The quantitative estimate of drug-likeness (QED) is 0.0952. The molecule has 0 aliphatic carbocycles. The predicted molar refractivity (Wildman–Crippen MR) is 147 cm³/mol. The van der Waals surface area contributed by atoms with Gasteiger partial charge in [0.25, 0.3) is 11.6 Å². The molecule has 0 bridgehead atoms. The number of Topliss-reactive ketones (excluding diaryl/α,β-unsaturated/α-hetero) is 1. The fourth-order valence-electron chi connectivity index (χ4n) is 4.00. The van der Waals surface area contributed by atoms with Crippen LogP contribution in [0.15, 0.2) is 24.3 Å². The Morgan fingerprint density at radius 2 is 1.82 bits per heavy atom. The second-order valence-electron chi connectivity index (χ2n) is 9.44. The van der Waals surface area contributed by atoms with E-state index in [1.165, 1.54) is 35.1 Å². The van der Waals surface area contributed by atoms with Crippen LogP contribution in [0.3, 0.4) is 0 Å². The number of non-ortho nitro benzene ring substituents is 1. The molecule has 1 saturated heterocycles. The number of benzene rings is 1. The molecule has 2 rings (SSSR count). The summed E-state index contributed by atoms with van der Waals surface area (Å²) >= 11 is 0. The van der Waals surface area contributed by atoms with Gasteiger partial charge in [-0.25, -0.2) is 4.21 Å². The highest BCUT2D eigenvalue weighted by Crippen LogP contribution is 2.29. The van der Waals surface area contributed by atoms with Crippen LogP contribution < -0.4 is 16.0 Å². The molecule has 11 nitrogen and oxygen atoms in total. The van der Waals surface area contributed by atoms with Gasteiger partial charge >= 0.3 is 0 Å². The van der Waals surface area contributed by atoms with Gasteiger partial charge in [-0.05, 0) is 37.7 Å². The van der Waals surface area contributed by atoms with Crippen molar-refractivity contribution in [3.8, 4) is 0 Å². The molecule has 38 heavy (non-hydrogen) atoms. The number of likely N-dealkylation sites (N-methyl/N-ethyl adjacent to an activating group) is 1. The smallest absolute Gasteiger partial charge is 0.289 e. The minimum absolute atomic E-state index is 0.0563. The maximum atomic E-state index is 13.2. The van der Waals surface area contributed by atoms with Crippen molar-refractivity contribution < 1.29 is 28.3 Å². The second-order valence-corrected chi connectivity index (χ2v) is 13.0. The number of nitrogens with one attached hydrogen (secondary N) is 3. The third-order valence-electron chi connectivity index (χ3n) is 6.14. The summed E-state index contributed by atoms with van der Waals surface area (Å²) in [5.41, 5.74) is 0.396. The van der Waals surface area contributed by atoms with Crippen LogP contribution in [0.4, 0.5) is 5.69 Å². The van der Waals surface area contributed by atoms with Gasteiger partial charge in [-0.1, -0.05) is 43.2 Å². The molecule has 0 aromatic heterocycles.